The lowest BCUT2D eigenvalue weighted by Gasteiger charge is -2.15. The SMILES string of the molecule is [2H]c1c(C)[n+](C)c(-c2cc(-c3ccccc3)cc(C)c2C)c2cc(C(C)C)ccc12. The summed E-state index contributed by atoms with van der Waals surface area (Å²) in [5, 5.41) is 2.18. The molecule has 0 amide bonds. The third-order valence-corrected chi connectivity index (χ3v) is 6.15. The van der Waals surface area contributed by atoms with Gasteiger partial charge >= 0.3 is 0 Å². The molecule has 0 N–H and O–H groups in total. The Bertz CT molecular complexity index is 1250. The van der Waals surface area contributed by atoms with Crippen molar-refractivity contribution < 1.29 is 5.94 Å². The Morgan fingerprint density at radius 3 is 2.28 bits per heavy atom. The predicted molar refractivity (Wildman–Crippen MR) is 124 cm³/mol. The molecule has 4 rings (SSSR count). The lowest BCUT2D eigenvalue weighted by molar-refractivity contribution is -0.665. The molecule has 0 aliphatic carbocycles. The fraction of sp³-hybridized carbons (Fsp3) is 0.250. The third-order valence-electron chi connectivity index (χ3n) is 6.15. The number of aromatic nitrogens is 1. The van der Waals surface area contributed by atoms with E-state index in [1.54, 1.807) is 0 Å². The molecule has 0 aliphatic heterocycles. The maximum Gasteiger partial charge on any atom is 0.220 e. The third kappa shape index (κ3) is 3.46. The Balaban J connectivity index is 2.11. The highest BCUT2D eigenvalue weighted by Crippen LogP contribution is 2.35. The Labute approximate surface area is 176 Å². The fourth-order valence-electron chi connectivity index (χ4n) is 4.08. The van der Waals surface area contributed by atoms with Gasteiger partial charge in [-0.25, -0.2) is 0 Å². The first-order chi connectivity index (χ1) is 14.3. The minimum atomic E-state index is 0.446. The summed E-state index contributed by atoms with van der Waals surface area (Å²) in [6.07, 6.45) is 0. The lowest BCUT2D eigenvalue weighted by atomic mass is 9.90. The van der Waals surface area contributed by atoms with Gasteiger partial charge in [0.1, 0.15) is 7.05 Å². The molecule has 1 aromatic heterocycles. The van der Waals surface area contributed by atoms with Crippen LogP contribution < -0.4 is 4.57 Å². The van der Waals surface area contributed by atoms with Crippen molar-refractivity contribution in [2.45, 2.75) is 40.5 Å². The highest BCUT2D eigenvalue weighted by atomic mass is 14.9. The minimum Gasteiger partial charge on any atom is -0.198 e. The molecule has 1 heterocycles. The first-order valence-corrected chi connectivity index (χ1v) is 10.4. The quantitative estimate of drug-likeness (QED) is 0.335. The van der Waals surface area contributed by atoms with E-state index >= 15 is 0 Å². The average molecular weight is 382 g/mol. The Kier molecular flexibility index (Phi) is 4.67. The predicted octanol–water partition coefficient (Wildman–Crippen LogP) is 7.05. The topological polar surface area (TPSA) is 3.88 Å². The van der Waals surface area contributed by atoms with Crippen molar-refractivity contribution in [3.05, 3.63) is 89.1 Å². The van der Waals surface area contributed by atoms with Crippen LogP contribution in [0.25, 0.3) is 33.2 Å². The molecule has 3 aromatic carbocycles. The van der Waals surface area contributed by atoms with Crippen LogP contribution in [0.5, 0.6) is 0 Å². The summed E-state index contributed by atoms with van der Waals surface area (Å²) in [6, 6.07) is 22.4. The van der Waals surface area contributed by atoms with Gasteiger partial charge in [0.05, 0.1) is 12.3 Å². The zero-order valence-corrected chi connectivity index (χ0v) is 18.3. The molecule has 0 aliphatic rings. The highest BCUT2D eigenvalue weighted by molar-refractivity contribution is 5.95. The number of benzene rings is 3. The van der Waals surface area contributed by atoms with Crippen LogP contribution >= 0.6 is 0 Å². The van der Waals surface area contributed by atoms with E-state index in [-0.39, 0.29) is 0 Å². The van der Waals surface area contributed by atoms with E-state index in [0.29, 0.717) is 12.0 Å². The lowest BCUT2D eigenvalue weighted by Crippen LogP contribution is -2.35. The smallest absolute Gasteiger partial charge is 0.198 e. The number of rotatable bonds is 3. The number of hydrogen-bond acceptors (Lipinski definition) is 0. The van der Waals surface area contributed by atoms with Crippen LogP contribution in [0, 0.1) is 20.8 Å². The van der Waals surface area contributed by atoms with Crippen molar-refractivity contribution in [2.75, 3.05) is 0 Å². The molecule has 0 spiro atoms. The molecule has 0 radical (unpaired) electrons. The Morgan fingerprint density at radius 1 is 0.862 bits per heavy atom. The standard InChI is InChI=1S/C28H30N/c1-18(2)23-12-13-24-15-20(4)29(6)28(27(24)16-23)26-17-25(14-19(3)21(26)5)22-10-8-7-9-11-22/h7-18H,1-6H3/q+1/i15D. The molecule has 0 saturated heterocycles. The molecular weight excluding hydrogens is 350 g/mol. The van der Waals surface area contributed by atoms with E-state index in [2.05, 4.69) is 100.0 Å². The number of fused-ring (bicyclic) bond motifs is 1. The summed E-state index contributed by atoms with van der Waals surface area (Å²) in [5.74, 6) is 0.446. The molecule has 29 heavy (non-hydrogen) atoms. The van der Waals surface area contributed by atoms with Crippen molar-refractivity contribution >= 4 is 10.8 Å². The van der Waals surface area contributed by atoms with Crippen molar-refractivity contribution in [2.24, 2.45) is 7.05 Å². The molecule has 0 fully saturated rings. The maximum absolute atomic E-state index is 8.72. The molecular formula is C28H30N+. The Morgan fingerprint density at radius 2 is 1.59 bits per heavy atom. The Hall–Kier alpha value is -2.93. The number of nitrogens with zero attached hydrogens (tertiary/aromatic N) is 1. The zero-order valence-electron chi connectivity index (χ0n) is 19.3. The molecule has 146 valence electrons. The second kappa shape index (κ2) is 7.48. The average Bonchev–Trinajstić information content (AvgIpc) is 2.75. The van der Waals surface area contributed by atoms with Crippen molar-refractivity contribution in [3.8, 4) is 22.4 Å². The summed E-state index contributed by atoms with van der Waals surface area (Å²) in [7, 11) is 2.09. The molecule has 1 nitrogen and oxygen atoms in total. The molecule has 0 unspecified atom stereocenters. The first kappa shape index (κ1) is 18.1. The van der Waals surface area contributed by atoms with Gasteiger partial charge in [-0.05, 0) is 65.1 Å². The van der Waals surface area contributed by atoms with Crippen LogP contribution in [-0.4, -0.2) is 0 Å². The van der Waals surface area contributed by atoms with Gasteiger partial charge in [0.15, 0.2) is 5.69 Å². The van der Waals surface area contributed by atoms with Crippen LogP contribution in [0.4, 0.5) is 0 Å². The van der Waals surface area contributed by atoms with E-state index in [1.807, 2.05) is 6.92 Å². The van der Waals surface area contributed by atoms with Crippen molar-refractivity contribution in [1.82, 2.24) is 0 Å². The van der Waals surface area contributed by atoms with Gasteiger partial charge in [0, 0.05) is 13.0 Å². The van der Waals surface area contributed by atoms with Crippen LogP contribution in [0.15, 0.2) is 66.7 Å². The first-order valence-electron chi connectivity index (χ1n) is 10.9. The molecule has 0 bridgehead atoms. The van der Waals surface area contributed by atoms with Crippen LogP contribution in [0.3, 0.4) is 0 Å². The number of aryl methyl sites for hydroxylation is 1. The van der Waals surface area contributed by atoms with E-state index in [1.165, 1.54) is 39.1 Å². The van der Waals surface area contributed by atoms with Gasteiger partial charge < -0.3 is 0 Å². The second-order valence-electron chi connectivity index (χ2n) is 8.41. The monoisotopic (exact) mass is 381 g/mol. The van der Waals surface area contributed by atoms with E-state index in [0.717, 1.165) is 16.5 Å². The van der Waals surface area contributed by atoms with Crippen molar-refractivity contribution in [1.29, 1.82) is 0 Å². The largest absolute Gasteiger partial charge is 0.220 e. The highest BCUT2D eigenvalue weighted by Gasteiger charge is 2.22. The number of pyridine rings is 1. The maximum atomic E-state index is 8.72. The summed E-state index contributed by atoms with van der Waals surface area (Å²) in [6.45, 7) is 10.9. The summed E-state index contributed by atoms with van der Waals surface area (Å²) in [4.78, 5) is 0. The molecule has 4 aromatic rings. The molecule has 1 heteroatoms. The van der Waals surface area contributed by atoms with Gasteiger partial charge in [-0.2, -0.15) is 4.57 Å². The second-order valence-corrected chi connectivity index (χ2v) is 8.41. The van der Waals surface area contributed by atoms with E-state index < -0.39 is 0 Å². The van der Waals surface area contributed by atoms with Gasteiger partial charge in [-0.3, -0.25) is 0 Å². The van der Waals surface area contributed by atoms with Gasteiger partial charge in [-0.1, -0.05) is 62.4 Å². The van der Waals surface area contributed by atoms with Gasteiger partial charge in [-0.15, -0.1) is 0 Å². The number of hydrogen-bond donors (Lipinski definition) is 0. The van der Waals surface area contributed by atoms with Gasteiger partial charge in [0.2, 0.25) is 5.69 Å². The van der Waals surface area contributed by atoms with Crippen LogP contribution in [0.1, 0.15) is 43.5 Å². The van der Waals surface area contributed by atoms with Crippen LogP contribution in [0.2, 0.25) is 0 Å². The molecule has 0 atom stereocenters. The van der Waals surface area contributed by atoms with Crippen molar-refractivity contribution in [3.63, 3.8) is 0 Å². The molecule has 0 saturated carbocycles. The summed E-state index contributed by atoms with van der Waals surface area (Å²) >= 11 is 0. The fourth-order valence-corrected chi connectivity index (χ4v) is 4.08. The summed E-state index contributed by atoms with van der Waals surface area (Å²) < 4.78 is 10.9. The van der Waals surface area contributed by atoms with Gasteiger partial charge in [0.25, 0.3) is 0 Å². The zero-order chi connectivity index (χ0) is 21.6. The minimum absolute atomic E-state index is 0.446. The van der Waals surface area contributed by atoms with E-state index in [9.17, 15) is 0 Å². The van der Waals surface area contributed by atoms with Crippen LogP contribution in [-0.2, 0) is 7.05 Å². The van der Waals surface area contributed by atoms with E-state index in [4.69, 9.17) is 1.37 Å². The summed E-state index contributed by atoms with van der Waals surface area (Å²) in [5.41, 5.74) is 9.76. The normalized spacial score (nSPS) is 11.9.